The highest BCUT2D eigenvalue weighted by atomic mass is 16.3. The highest BCUT2D eigenvalue weighted by molar-refractivity contribution is 5.97. The molecule has 1 aliphatic rings. The fourth-order valence-corrected chi connectivity index (χ4v) is 3.44. The number of hydrogen-bond donors (Lipinski definition) is 1. The molecular formula is C21H23NO3. The molecule has 4 heteroatoms. The van der Waals surface area contributed by atoms with Gasteiger partial charge in [-0.1, -0.05) is 60.7 Å². The number of nitrogens with zero attached hydrogens (tertiary/aromatic N) is 1. The number of aliphatic hydroxyl groups excluding tert-OH is 1. The van der Waals surface area contributed by atoms with Crippen LogP contribution >= 0.6 is 0 Å². The van der Waals surface area contributed by atoms with Crippen LogP contribution in [0.4, 0.5) is 0 Å². The lowest BCUT2D eigenvalue weighted by molar-refractivity contribution is -0.134. The zero-order chi connectivity index (χ0) is 17.6. The van der Waals surface area contributed by atoms with Gasteiger partial charge in [0.25, 0.3) is 0 Å². The van der Waals surface area contributed by atoms with E-state index in [1.807, 2.05) is 48.5 Å². The Hall–Kier alpha value is -2.46. The minimum atomic E-state index is -0.683. The summed E-state index contributed by atoms with van der Waals surface area (Å²) in [6, 6.07) is 18.3. The maximum Gasteiger partial charge on any atom is 0.223 e. The van der Waals surface area contributed by atoms with Gasteiger partial charge >= 0.3 is 0 Å². The fourth-order valence-electron chi connectivity index (χ4n) is 3.44. The van der Waals surface area contributed by atoms with Gasteiger partial charge in [0.2, 0.25) is 5.91 Å². The number of amides is 1. The summed E-state index contributed by atoms with van der Waals surface area (Å²) in [6.45, 7) is 0.646. The lowest BCUT2D eigenvalue weighted by atomic mass is 10.00. The monoisotopic (exact) mass is 337 g/mol. The number of benzene rings is 2. The van der Waals surface area contributed by atoms with E-state index < -0.39 is 6.10 Å². The first-order chi connectivity index (χ1) is 12.2. The molecule has 0 radical (unpaired) electrons. The highest BCUT2D eigenvalue weighted by Gasteiger charge is 2.34. The molecule has 130 valence electrons. The van der Waals surface area contributed by atoms with Crippen LogP contribution in [-0.2, 0) is 4.79 Å². The Kier molecular flexibility index (Phi) is 5.61. The van der Waals surface area contributed by atoms with Crippen LogP contribution in [0.3, 0.4) is 0 Å². The molecule has 1 N–H and O–H groups in total. The average Bonchev–Trinajstić information content (AvgIpc) is 3.16. The predicted octanol–water partition coefficient (Wildman–Crippen LogP) is 3.37. The highest BCUT2D eigenvalue weighted by Crippen LogP contribution is 2.30. The summed E-state index contributed by atoms with van der Waals surface area (Å²) in [5.41, 5.74) is 1.46. The second-order valence-electron chi connectivity index (χ2n) is 6.44. The Morgan fingerprint density at radius 3 is 2.32 bits per heavy atom. The zero-order valence-electron chi connectivity index (χ0n) is 14.2. The number of likely N-dealkylation sites (tertiary alicyclic amines) is 1. The Morgan fingerprint density at radius 2 is 1.64 bits per heavy atom. The summed E-state index contributed by atoms with van der Waals surface area (Å²) >= 11 is 0. The van der Waals surface area contributed by atoms with Crippen molar-refractivity contribution < 1.29 is 14.7 Å². The molecule has 1 unspecified atom stereocenters. The summed E-state index contributed by atoms with van der Waals surface area (Å²) in [4.78, 5) is 26.5. The molecule has 2 aromatic carbocycles. The smallest absolute Gasteiger partial charge is 0.223 e. The summed E-state index contributed by atoms with van der Waals surface area (Å²) < 4.78 is 0. The van der Waals surface area contributed by atoms with Crippen molar-refractivity contribution in [2.24, 2.45) is 0 Å². The molecule has 0 aromatic heterocycles. The Balaban J connectivity index is 1.60. The predicted molar refractivity (Wildman–Crippen MR) is 96.1 cm³/mol. The number of carbonyl (C=O) groups excluding carboxylic acids is 2. The van der Waals surface area contributed by atoms with Gasteiger partial charge in [-0.15, -0.1) is 0 Å². The van der Waals surface area contributed by atoms with Crippen molar-refractivity contribution in [2.75, 3.05) is 6.54 Å². The third kappa shape index (κ3) is 4.15. The first-order valence-electron chi connectivity index (χ1n) is 8.77. The lowest BCUT2D eigenvalue weighted by Gasteiger charge is -2.29. The van der Waals surface area contributed by atoms with Gasteiger partial charge < -0.3 is 10.0 Å². The topological polar surface area (TPSA) is 57.6 Å². The second kappa shape index (κ2) is 8.08. The minimum absolute atomic E-state index is 0.0201. The van der Waals surface area contributed by atoms with Gasteiger partial charge in [-0.2, -0.15) is 0 Å². The van der Waals surface area contributed by atoms with E-state index in [0.717, 1.165) is 18.4 Å². The van der Waals surface area contributed by atoms with E-state index in [2.05, 4.69) is 0 Å². The molecule has 4 nitrogen and oxygen atoms in total. The normalized spacial score (nSPS) is 18.1. The molecule has 1 aliphatic heterocycles. The molecule has 0 aliphatic carbocycles. The Labute approximate surface area is 148 Å². The first-order valence-corrected chi connectivity index (χ1v) is 8.77. The average molecular weight is 337 g/mol. The lowest BCUT2D eigenvalue weighted by Crippen LogP contribution is -2.39. The largest absolute Gasteiger partial charge is 0.386 e. The van der Waals surface area contributed by atoms with Crippen molar-refractivity contribution in [2.45, 2.75) is 37.8 Å². The zero-order valence-corrected chi connectivity index (χ0v) is 14.2. The molecule has 0 spiro atoms. The number of rotatable bonds is 6. The molecule has 0 saturated carbocycles. The van der Waals surface area contributed by atoms with Crippen LogP contribution < -0.4 is 0 Å². The molecule has 25 heavy (non-hydrogen) atoms. The van der Waals surface area contributed by atoms with E-state index in [1.54, 1.807) is 17.0 Å². The Bertz CT molecular complexity index is 714. The molecule has 1 saturated heterocycles. The maximum atomic E-state index is 12.6. The molecule has 1 fully saturated rings. The van der Waals surface area contributed by atoms with Crippen LogP contribution in [0.2, 0.25) is 0 Å². The molecule has 3 rings (SSSR count). The number of carbonyl (C=O) groups is 2. The maximum absolute atomic E-state index is 12.6. The van der Waals surface area contributed by atoms with Gasteiger partial charge in [-0.25, -0.2) is 0 Å². The molecule has 1 amide bonds. The molecule has 2 aromatic rings. The van der Waals surface area contributed by atoms with E-state index in [1.165, 1.54) is 0 Å². The molecule has 0 bridgehead atoms. The van der Waals surface area contributed by atoms with Gasteiger partial charge in [0.1, 0.15) is 0 Å². The first kappa shape index (κ1) is 17.4. The standard InChI is InChI=1S/C21H23NO3/c23-19(16-8-3-1-4-9-16)13-14-20(24)22-15-7-12-18(22)21(25)17-10-5-2-6-11-17/h1-6,8-11,18,21,25H,7,12-15H2/t18?,21-/m0/s1. The van der Waals surface area contributed by atoms with Crippen molar-refractivity contribution >= 4 is 11.7 Å². The number of hydrogen-bond acceptors (Lipinski definition) is 3. The number of aliphatic hydroxyl groups is 1. The van der Waals surface area contributed by atoms with Crippen LogP contribution in [-0.4, -0.2) is 34.3 Å². The van der Waals surface area contributed by atoms with Gasteiger partial charge in [-0.05, 0) is 18.4 Å². The van der Waals surface area contributed by atoms with Gasteiger partial charge in [0.05, 0.1) is 12.1 Å². The fraction of sp³-hybridized carbons (Fsp3) is 0.333. The van der Waals surface area contributed by atoms with Crippen LogP contribution in [0.5, 0.6) is 0 Å². The van der Waals surface area contributed by atoms with Gasteiger partial charge in [-0.3, -0.25) is 9.59 Å². The van der Waals surface area contributed by atoms with Crippen molar-refractivity contribution in [3.05, 3.63) is 71.8 Å². The van der Waals surface area contributed by atoms with E-state index in [0.29, 0.717) is 12.1 Å². The van der Waals surface area contributed by atoms with Crippen LogP contribution in [0.15, 0.2) is 60.7 Å². The van der Waals surface area contributed by atoms with Crippen LogP contribution in [0.25, 0.3) is 0 Å². The van der Waals surface area contributed by atoms with E-state index in [4.69, 9.17) is 0 Å². The van der Waals surface area contributed by atoms with E-state index >= 15 is 0 Å². The summed E-state index contributed by atoms with van der Waals surface area (Å²) in [7, 11) is 0. The third-order valence-corrected chi connectivity index (χ3v) is 4.79. The van der Waals surface area contributed by atoms with Crippen LogP contribution in [0.1, 0.15) is 47.7 Å². The second-order valence-corrected chi connectivity index (χ2v) is 6.44. The van der Waals surface area contributed by atoms with Crippen molar-refractivity contribution in [1.82, 2.24) is 4.90 Å². The number of Topliss-reactive ketones (excluding diaryl/α,β-unsaturated/α-hetero) is 1. The quantitative estimate of drug-likeness (QED) is 0.822. The Morgan fingerprint density at radius 1 is 1.00 bits per heavy atom. The number of ketones is 1. The van der Waals surface area contributed by atoms with E-state index in [-0.39, 0.29) is 30.6 Å². The van der Waals surface area contributed by atoms with Crippen molar-refractivity contribution in [3.63, 3.8) is 0 Å². The summed E-state index contributed by atoms with van der Waals surface area (Å²) in [5, 5.41) is 10.6. The third-order valence-electron chi connectivity index (χ3n) is 4.79. The van der Waals surface area contributed by atoms with E-state index in [9.17, 15) is 14.7 Å². The van der Waals surface area contributed by atoms with Crippen LogP contribution in [0, 0.1) is 0 Å². The molecule has 1 heterocycles. The van der Waals surface area contributed by atoms with Gasteiger partial charge in [0.15, 0.2) is 5.78 Å². The molecular weight excluding hydrogens is 314 g/mol. The van der Waals surface area contributed by atoms with Gasteiger partial charge in [0, 0.05) is 24.9 Å². The summed E-state index contributed by atoms with van der Waals surface area (Å²) in [5.74, 6) is -0.0740. The molecule has 2 atom stereocenters. The summed E-state index contributed by atoms with van der Waals surface area (Å²) in [6.07, 6.45) is 1.37. The SMILES string of the molecule is O=C(CCC(=O)N1CCCC1[C@@H](O)c1ccccc1)c1ccccc1. The van der Waals surface area contributed by atoms with Crippen molar-refractivity contribution in [3.8, 4) is 0 Å². The van der Waals surface area contributed by atoms with Crippen molar-refractivity contribution in [1.29, 1.82) is 0 Å². The minimum Gasteiger partial charge on any atom is -0.386 e.